The van der Waals surface area contributed by atoms with Crippen LogP contribution in [-0.4, -0.2) is 58.0 Å². The molecule has 0 atom stereocenters. The lowest BCUT2D eigenvalue weighted by Gasteiger charge is -2.34. The number of piperazine rings is 1. The van der Waals surface area contributed by atoms with Crippen LogP contribution in [-0.2, 0) is 18.3 Å². The molecule has 3 aromatic rings. The first-order chi connectivity index (χ1) is 12.5. The summed E-state index contributed by atoms with van der Waals surface area (Å²) in [6, 6.07) is 10.6. The first-order valence-corrected chi connectivity index (χ1v) is 9.84. The van der Waals surface area contributed by atoms with Crippen LogP contribution in [0.4, 0.5) is 0 Å². The molecule has 1 aliphatic heterocycles. The molecule has 26 heavy (non-hydrogen) atoms. The van der Waals surface area contributed by atoms with Crippen LogP contribution in [0.15, 0.2) is 34.8 Å². The maximum Gasteiger partial charge on any atom is 0.219 e. The van der Waals surface area contributed by atoms with Gasteiger partial charge in [-0.3, -0.25) is 9.69 Å². The number of aromatic nitrogens is 2. The largest absolute Gasteiger partial charge is 0.340 e. The molecule has 0 aliphatic carbocycles. The van der Waals surface area contributed by atoms with Gasteiger partial charge in [0, 0.05) is 63.0 Å². The fourth-order valence-corrected chi connectivity index (χ4v) is 4.41. The van der Waals surface area contributed by atoms with E-state index >= 15 is 0 Å². The van der Waals surface area contributed by atoms with E-state index in [4.69, 9.17) is 4.98 Å². The van der Waals surface area contributed by atoms with Gasteiger partial charge in [-0.25, -0.2) is 4.98 Å². The molecular weight excluding hydrogens is 392 g/mol. The summed E-state index contributed by atoms with van der Waals surface area (Å²) in [7, 11) is 2.11. The van der Waals surface area contributed by atoms with Crippen molar-refractivity contribution in [1.29, 1.82) is 0 Å². The van der Waals surface area contributed by atoms with Gasteiger partial charge in [0.2, 0.25) is 5.91 Å². The number of imidazole rings is 1. The van der Waals surface area contributed by atoms with E-state index in [-0.39, 0.29) is 5.91 Å². The van der Waals surface area contributed by atoms with Crippen LogP contribution in [0.3, 0.4) is 0 Å². The Morgan fingerprint density at radius 1 is 1.15 bits per heavy atom. The summed E-state index contributed by atoms with van der Waals surface area (Å²) < 4.78 is 3.32. The second-order valence-electron chi connectivity index (χ2n) is 6.96. The van der Waals surface area contributed by atoms with Crippen LogP contribution < -0.4 is 0 Å². The second kappa shape index (κ2) is 7.00. The zero-order valence-corrected chi connectivity index (χ0v) is 16.8. The highest BCUT2D eigenvalue weighted by Crippen LogP contribution is 2.32. The number of aryl methyl sites for hydroxylation is 1. The molecule has 0 saturated carbocycles. The van der Waals surface area contributed by atoms with Crippen molar-refractivity contribution >= 4 is 43.6 Å². The molecule has 0 spiro atoms. The van der Waals surface area contributed by atoms with Crippen LogP contribution in [0, 0.1) is 0 Å². The molecule has 136 valence electrons. The molecule has 2 aromatic carbocycles. The van der Waals surface area contributed by atoms with Crippen LogP contribution in [0.1, 0.15) is 12.7 Å². The van der Waals surface area contributed by atoms with Crippen molar-refractivity contribution in [3.63, 3.8) is 0 Å². The van der Waals surface area contributed by atoms with Crippen molar-refractivity contribution < 1.29 is 4.79 Å². The Bertz CT molecular complexity index is 973. The molecule has 1 aliphatic rings. The normalized spacial score (nSPS) is 15.9. The van der Waals surface area contributed by atoms with E-state index in [0.717, 1.165) is 55.0 Å². The number of hydrogen-bond acceptors (Lipinski definition) is 3. The summed E-state index contributed by atoms with van der Waals surface area (Å²) in [6.07, 6.45) is 0.914. The fraction of sp³-hybridized carbons (Fsp3) is 0.400. The summed E-state index contributed by atoms with van der Waals surface area (Å²) in [4.78, 5) is 20.7. The highest BCUT2D eigenvalue weighted by atomic mass is 79.9. The van der Waals surface area contributed by atoms with Crippen molar-refractivity contribution in [1.82, 2.24) is 19.4 Å². The maximum absolute atomic E-state index is 11.5. The monoisotopic (exact) mass is 414 g/mol. The van der Waals surface area contributed by atoms with Gasteiger partial charge in [0.05, 0.1) is 11.0 Å². The average molecular weight is 415 g/mol. The number of nitrogens with zero attached hydrogens (tertiary/aromatic N) is 4. The minimum Gasteiger partial charge on any atom is -0.340 e. The van der Waals surface area contributed by atoms with Crippen molar-refractivity contribution in [2.75, 3.05) is 32.7 Å². The summed E-state index contributed by atoms with van der Waals surface area (Å²) in [5.74, 6) is 1.29. The first-order valence-electron chi connectivity index (χ1n) is 9.05. The maximum atomic E-state index is 11.5. The number of carbonyl (C=O) groups excluding carboxylic acids is 1. The zero-order chi connectivity index (χ0) is 18.3. The Labute approximate surface area is 161 Å². The quantitative estimate of drug-likeness (QED) is 0.660. The number of hydrogen-bond donors (Lipinski definition) is 0. The third-order valence-corrected chi connectivity index (χ3v) is 6.04. The molecule has 0 bridgehead atoms. The lowest BCUT2D eigenvalue weighted by atomic mass is 10.1. The van der Waals surface area contributed by atoms with Crippen molar-refractivity contribution in [3.8, 4) is 0 Å². The molecule has 5 nitrogen and oxygen atoms in total. The molecule has 1 aromatic heterocycles. The van der Waals surface area contributed by atoms with Gasteiger partial charge in [0.15, 0.2) is 0 Å². The van der Waals surface area contributed by atoms with Gasteiger partial charge in [0.1, 0.15) is 5.82 Å². The fourth-order valence-electron chi connectivity index (χ4n) is 3.85. The van der Waals surface area contributed by atoms with Gasteiger partial charge in [-0.05, 0) is 11.5 Å². The highest BCUT2D eigenvalue weighted by molar-refractivity contribution is 9.10. The van der Waals surface area contributed by atoms with E-state index in [1.165, 1.54) is 16.3 Å². The van der Waals surface area contributed by atoms with Crippen LogP contribution in [0.2, 0.25) is 0 Å². The lowest BCUT2D eigenvalue weighted by molar-refractivity contribution is -0.130. The first kappa shape index (κ1) is 17.5. The van der Waals surface area contributed by atoms with E-state index in [1.54, 1.807) is 6.92 Å². The molecular formula is C20H23BrN4O. The minimum atomic E-state index is 0.178. The molecule has 0 unspecified atom stereocenters. The SMILES string of the molecule is CC(=O)N1CCN(CCc2nc3cc(Br)c4ccccc4c3n2C)CC1. The third kappa shape index (κ3) is 3.12. The number of fused-ring (bicyclic) bond motifs is 3. The molecule has 0 radical (unpaired) electrons. The van der Waals surface area contributed by atoms with E-state index in [1.807, 2.05) is 4.90 Å². The molecule has 4 rings (SSSR count). The Morgan fingerprint density at radius 3 is 2.54 bits per heavy atom. The number of carbonyl (C=O) groups is 1. The van der Waals surface area contributed by atoms with Crippen molar-refractivity contribution in [3.05, 3.63) is 40.6 Å². The molecule has 1 amide bonds. The number of rotatable bonds is 3. The minimum absolute atomic E-state index is 0.178. The molecule has 1 fully saturated rings. The van der Waals surface area contributed by atoms with Crippen LogP contribution >= 0.6 is 15.9 Å². The average Bonchev–Trinajstić information content (AvgIpc) is 2.96. The smallest absolute Gasteiger partial charge is 0.219 e. The Morgan fingerprint density at radius 2 is 1.85 bits per heavy atom. The number of halogens is 1. The number of benzene rings is 2. The molecule has 6 heteroatoms. The highest BCUT2D eigenvalue weighted by Gasteiger charge is 2.19. The van der Waals surface area contributed by atoms with Gasteiger partial charge in [0.25, 0.3) is 0 Å². The third-order valence-electron chi connectivity index (χ3n) is 5.39. The zero-order valence-electron chi connectivity index (χ0n) is 15.2. The van der Waals surface area contributed by atoms with Gasteiger partial charge in [-0.2, -0.15) is 0 Å². The topological polar surface area (TPSA) is 41.4 Å². The van der Waals surface area contributed by atoms with Crippen molar-refractivity contribution in [2.45, 2.75) is 13.3 Å². The lowest BCUT2D eigenvalue weighted by Crippen LogP contribution is -2.48. The van der Waals surface area contributed by atoms with Crippen LogP contribution in [0.5, 0.6) is 0 Å². The Balaban J connectivity index is 1.56. The second-order valence-corrected chi connectivity index (χ2v) is 7.81. The van der Waals surface area contributed by atoms with E-state index in [2.05, 4.69) is 62.8 Å². The van der Waals surface area contributed by atoms with Gasteiger partial charge >= 0.3 is 0 Å². The Hall–Kier alpha value is -1.92. The summed E-state index contributed by atoms with van der Waals surface area (Å²) in [5.41, 5.74) is 2.23. The molecule has 2 heterocycles. The van der Waals surface area contributed by atoms with Crippen molar-refractivity contribution in [2.24, 2.45) is 7.05 Å². The van der Waals surface area contributed by atoms with Gasteiger partial charge < -0.3 is 9.47 Å². The molecule has 1 saturated heterocycles. The van der Waals surface area contributed by atoms with Gasteiger partial charge in [-0.1, -0.05) is 40.2 Å². The van der Waals surface area contributed by atoms with E-state index < -0.39 is 0 Å². The van der Waals surface area contributed by atoms with E-state index in [0.29, 0.717) is 0 Å². The summed E-state index contributed by atoms with van der Waals surface area (Å²) in [6.45, 7) is 6.17. The van der Waals surface area contributed by atoms with Crippen LogP contribution in [0.25, 0.3) is 21.8 Å². The number of amides is 1. The predicted octanol–water partition coefficient (Wildman–Crippen LogP) is 3.20. The Kier molecular flexibility index (Phi) is 4.71. The predicted molar refractivity (Wildman–Crippen MR) is 108 cm³/mol. The van der Waals surface area contributed by atoms with E-state index in [9.17, 15) is 4.79 Å². The summed E-state index contributed by atoms with van der Waals surface area (Å²) in [5, 5.41) is 2.45. The summed E-state index contributed by atoms with van der Waals surface area (Å²) >= 11 is 3.68. The standard InChI is InChI=1S/C20H23BrN4O/c1-14(26)25-11-9-24(10-12-25)8-7-19-22-18-13-17(21)15-5-3-4-6-16(15)20(18)23(19)2/h3-6,13H,7-12H2,1-2H3. The molecule has 0 N–H and O–H groups in total. The van der Waals surface area contributed by atoms with Gasteiger partial charge in [-0.15, -0.1) is 0 Å².